The first-order valence-electron chi connectivity index (χ1n) is 5.94. The molecule has 2 heterocycles. The van der Waals surface area contributed by atoms with Crippen LogP contribution in [0.1, 0.15) is 5.56 Å². The number of nitrogens with one attached hydrogen (secondary N) is 1. The number of nitrogens with zero attached hydrogens (tertiary/aromatic N) is 3. The van der Waals surface area contributed by atoms with E-state index >= 15 is 0 Å². The first-order valence-corrected chi connectivity index (χ1v) is 6.35. The monoisotopic (exact) mass is 268 g/mol. The van der Waals surface area contributed by atoms with Crippen LogP contribution in [0.25, 0.3) is 11.4 Å². The Hall–Kier alpha value is -2.27. The maximum atomic E-state index is 5.30. The molecule has 0 aliphatic carbocycles. The van der Waals surface area contributed by atoms with Crippen LogP contribution >= 0.6 is 12.2 Å². The highest BCUT2D eigenvalue weighted by Crippen LogP contribution is 2.17. The molecule has 1 aromatic carbocycles. The fourth-order valence-corrected chi connectivity index (χ4v) is 2.14. The number of benzene rings is 1. The van der Waals surface area contributed by atoms with Gasteiger partial charge in [0, 0.05) is 18.0 Å². The number of hydrogen-bond acceptors (Lipinski definition) is 3. The van der Waals surface area contributed by atoms with Crippen molar-refractivity contribution >= 4 is 12.2 Å². The van der Waals surface area contributed by atoms with Crippen LogP contribution in [0.4, 0.5) is 0 Å². The number of aromatic amines is 1. The Kier molecular flexibility index (Phi) is 3.20. The van der Waals surface area contributed by atoms with Crippen molar-refractivity contribution in [1.29, 1.82) is 0 Å². The lowest BCUT2D eigenvalue weighted by atomic mass is 10.2. The molecule has 0 aliphatic rings. The lowest BCUT2D eigenvalue weighted by molar-refractivity contribution is 0.789. The van der Waals surface area contributed by atoms with Gasteiger partial charge in [0.15, 0.2) is 10.6 Å². The van der Waals surface area contributed by atoms with Gasteiger partial charge in [0.05, 0.1) is 6.54 Å². The fraction of sp³-hybridized carbons (Fsp3) is 0.0714. The molecule has 3 rings (SSSR count). The van der Waals surface area contributed by atoms with Gasteiger partial charge in [-0.25, -0.2) is 0 Å². The van der Waals surface area contributed by atoms with Gasteiger partial charge in [-0.2, -0.15) is 5.10 Å². The molecule has 0 bridgehead atoms. The zero-order valence-corrected chi connectivity index (χ0v) is 11.0. The zero-order valence-electron chi connectivity index (χ0n) is 10.2. The zero-order chi connectivity index (χ0) is 13.1. The Morgan fingerprint density at radius 3 is 2.53 bits per heavy atom. The van der Waals surface area contributed by atoms with Crippen molar-refractivity contribution in [3.63, 3.8) is 0 Å². The molecular weight excluding hydrogens is 256 g/mol. The summed E-state index contributed by atoms with van der Waals surface area (Å²) in [5, 5.41) is 7.17. The molecule has 0 aliphatic heterocycles. The third kappa shape index (κ3) is 2.46. The lowest BCUT2D eigenvalue weighted by Crippen LogP contribution is -2.02. The summed E-state index contributed by atoms with van der Waals surface area (Å²) in [6.45, 7) is 0.683. The minimum absolute atomic E-state index is 0.621. The van der Waals surface area contributed by atoms with E-state index in [1.165, 1.54) is 0 Å². The van der Waals surface area contributed by atoms with Gasteiger partial charge >= 0.3 is 0 Å². The molecule has 0 fully saturated rings. The number of H-pyrrole nitrogens is 1. The van der Waals surface area contributed by atoms with E-state index in [-0.39, 0.29) is 0 Å². The Labute approximate surface area is 115 Å². The van der Waals surface area contributed by atoms with E-state index in [4.69, 9.17) is 12.2 Å². The predicted molar refractivity (Wildman–Crippen MR) is 76.2 cm³/mol. The van der Waals surface area contributed by atoms with Crippen molar-refractivity contribution < 1.29 is 0 Å². The maximum Gasteiger partial charge on any atom is 0.195 e. The summed E-state index contributed by atoms with van der Waals surface area (Å²) in [6, 6.07) is 14.0. The van der Waals surface area contributed by atoms with Gasteiger partial charge in [-0.3, -0.25) is 14.6 Å². The molecule has 0 spiro atoms. The normalized spacial score (nSPS) is 10.5. The fourth-order valence-electron chi connectivity index (χ4n) is 1.94. The highest BCUT2D eigenvalue weighted by Gasteiger charge is 2.08. The van der Waals surface area contributed by atoms with Crippen LogP contribution in [0, 0.1) is 4.77 Å². The number of aromatic nitrogens is 4. The molecule has 4 nitrogen and oxygen atoms in total. The van der Waals surface area contributed by atoms with Gasteiger partial charge in [0.25, 0.3) is 0 Å². The van der Waals surface area contributed by atoms with E-state index in [1.54, 1.807) is 12.4 Å². The van der Waals surface area contributed by atoms with Crippen molar-refractivity contribution in [3.05, 3.63) is 65.2 Å². The van der Waals surface area contributed by atoms with Crippen molar-refractivity contribution in [1.82, 2.24) is 19.7 Å². The van der Waals surface area contributed by atoms with Gasteiger partial charge in [-0.15, -0.1) is 0 Å². The minimum Gasteiger partial charge on any atom is -0.296 e. The van der Waals surface area contributed by atoms with E-state index in [9.17, 15) is 0 Å². The molecule has 5 heteroatoms. The molecule has 0 radical (unpaired) electrons. The van der Waals surface area contributed by atoms with E-state index in [1.807, 2.05) is 47.0 Å². The average Bonchev–Trinajstić information content (AvgIpc) is 2.82. The average molecular weight is 268 g/mol. The Morgan fingerprint density at radius 2 is 1.79 bits per heavy atom. The van der Waals surface area contributed by atoms with Crippen LogP contribution in [0.2, 0.25) is 0 Å². The van der Waals surface area contributed by atoms with Gasteiger partial charge < -0.3 is 0 Å². The third-order valence-corrected chi connectivity index (χ3v) is 3.19. The largest absolute Gasteiger partial charge is 0.296 e. The SMILES string of the molecule is S=c1[nH]nc(-c2ccccc2)n1Cc1ccncc1. The van der Waals surface area contributed by atoms with Gasteiger partial charge in [0.2, 0.25) is 0 Å². The van der Waals surface area contributed by atoms with Gasteiger partial charge in [0.1, 0.15) is 0 Å². The smallest absolute Gasteiger partial charge is 0.195 e. The van der Waals surface area contributed by atoms with Crippen LogP contribution in [0.15, 0.2) is 54.9 Å². The van der Waals surface area contributed by atoms with Crippen LogP contribution < -0.4 is 0 Å². The van der Waals surface area contributed by atoms with Crippen molar-refractivity contribution in [2.24, 2.45) is 0 Å². The molecule has 2 aromatic heterocycles. The van der Waals surface area contributed by atoms with Crippen LogP contribution in [0.3, 0.4) is 0 Å². The summed E-state index contributed by atoms with van der Waals surface area (Å²) >= 11 is 5.30. The summed E-state index contributed by atoms with van der Waals surface area (Å²) in [4.78, 5) is 4.02. The Bertz CT molecular complexity index is 716. The second-order valence-electron chi connectivity index (χ2n) is 4.16. The molecular formula is C14H12N4S. The van der Waals surface area contributed by atoms with Crippen LogP contribution in [-0.4, -0.2) is 19.7 Å². The Balaban J connectivity index is 2.03. The van der Waals surface area contributed by atoms with Gasteiger partial charge in [-0.05, 0) is 29.9 Å². The summed E-state index contributed by atoms with van der Waals surface area (Å²) in [5.74, 6) is 0.849. The number of pyridine rings is 1. The second kappa shape index (κ2) is 5.16. The van der Waals surface area contributed by atoms with E-state index < -0.39 is 0 Å². The molecule has 0 unspecified atom stereocenters. The topological polar surface area (TPSA) is 46.5 Å². The molecule has 19 heavy (non-hydrogen) atoms. The first kappa shape index (κ1) is 11.8. The van der Waals surface area contributed by atoms with Crippen molar-refractivity contribution in [2.75, 3.05) is 0 Å². The number of rotatable bonds is 3. The molecule has 1 N–H and O–H groups in total. The highest BCUT2D eigenvalue weighted by atomic mass is 32.1. The maximum absolute atomic E-state index is 5.30. The second-order valence-corrected chi connectivity index (χ2v) is 4.55. The molecule has 0 saturated heterocycles. The molecule has 3 aromatic rings. The van der Waals surface area contributed by atoms with Crippen molar-refractivity contribution in [2.45, 2.75) is 6.54 Å². The summed E-state index contributed by atoms with van der Waals surface area (Å²) in [5.41, 5.74) is 2.19. The van der Waals surface area contributed by atoms with Crippen LogP contribution in [-0.2, 0) is 6.54 Å². The quantitative estimate of drug-likeness (QED) is 0.743. The summed E-state index contributed by atoms with van der Waals surface area (Å²) < 4.78 is 2.61. The summed E-state index contributed by atoms with van der Waals surface area (Å²) in [6.07, 6.45) is 3.56. The third-order valence-electron chi connectivity index (χ3n) is 2.88. The number of hydrogen-bond donors (Lipinski definition) is 1. The van der Waals surface area contributed by atoms with Gasteiger partial charge in [-0.1, -0.05) is 30.3 Å². The standard InChI is InChI=1S/C14H12N4S/c19-14-17-16-13(12-4-2-1-3-5-12)18(14)10-11-6-8-15-9-7-11/h1-9H,10H2,(H,17,19). The summed E-state index contributed by atoms with van der Waals surface area (Å²) in [7, 11) is 0. The Morgan fingerprint density at radius 1 is 1.05 bits per heavy atom. The molecule has 0 atom stereocenters. The predicted octanol–water partition coefficient (Wildman–Crippen LogP) is 3.05. The molecule has 94 valence electrons. The van der Waals surface area contributed by atoms with Crippen LogP contribution in [0.5, 0.6) is 0 Å². The first-order chi connectivity index (χ1) is 9.34. The highest BCUT2D eigenvalue weighted by molar-refractivity contribution is 7.71. The molecule has 0 amide bonds. The molecule has 0 saturated carbocycles. The van der Waals surface area contributed by atoms with Crippen molar-refractivity contribution in [3.8, 4) is 11.4 Å². The van der Waals surface area contributed by atoms with E-state index in [0.717, 1.165) is 17.0 Å². The lowest BCUT2D eigenvalue weighted by Gasteiger charge is -2.06. The van der Waals surface area contributed by atoms with E-state index in [0.29, 0.717) is 11.3 Å². The minimum atomic E-state index is 0.621. The van der Waals surface area contributed by atoms with E-state index in [2.05, 4.69) is 15.2 Å².